The van der Waals surface area contributed by atoms with E-state index in [0.717, 1.165) is 12.3 Å². The second-order valence-corrected chi connectivity index (χ2v) is 5.55. The molecule has 3 N–H and O–H groups in total. The molecule has 0 aromatic carbocycles. The number of rotatable bonds is 8. The summed E-state index contributed by atoms with van der Waals surface area (Å²) >= 11 is 0. The molecule has 0 spiro atoms. The Morgan fingerprint density at radius 3 is 2.19 bits per heavy atom. The highest BCUT2D eigenvalue weighted by Crippen LogP contribution is 2.21. The first-order valence-electron chi connectivity index (χ1n) is 6.30. The quantitative estimate of drug-likeness (QED) is 0.672. The number of carboxylic acids is 1. The van der Waals surface area contributed by atoms with Gasteiger partial charge >= 0.3 is 5.97 Å². The van der Waals surface area contributed by atoms with Crippen LogP contribution >= 0.6 is 0 Å². The van der Waals surface area contributed by atoms with E-state index in [4.69, 9.17) is 10.8 Å². The van der Waals surface area contributed by atoms with Gasteiger partial charge in [-0.2, -0.15) is 0 Å². The van der Waals surface area contributed by atoms with Gasteiger partial charge in [0.1, 0.15) is 0 Å². The lowest BCUT2D eigenvalue weighted by Gasteiger charge is -2.22. The molecule has 0 rings (SSSR count). The molecule has 16 heavy (non-hydrogen) atoms. The van der Waals surface area contributed by atoms with Crippen LogP contribution in [0.4, 0.5) is 0 Å². The van der Waals surface area contributed by atoms with Gasteiger partial charge in [0.25, 0.3) is 0 Å². The van der Waals surface area contributed by atoms with Crippen molar-refractivity contribution in [2.75, 3.05) is 0 Å². The molecule has 0 heterocycles. The zero-order chi connectivity index (χ0) is 12.7. The minimum absolute atomic E-state index is 0.0814. The molecule has 0 radical (unpaired) electrons. The highest BCUT2D eigenvalue weighted by atomic mass is 16.4. The van der Waals surface area contributed by atoms with Crippen molar-refractivity contribution in [3.05, 3.63) is 0 Å². The van der Waals surface area contributed by atoms with Gasteiger partial charge in [0.2, 0.25) is 0 Å². The maximum Gasteiger partial charge on any atom is 0.304 e. The molecule has 3 unspecified atom stereocenters. The third-order valence-corrected chi connectivity index (χ3v) is 3.15. The van der Waals surface area contributed by atoms with Crippen LogP contribution < -0.4 is 5.73 Å². The van der Waals surface area contributed by atoms with Crippen LogP contribution in [-0.2, 0) is 4.79 Å². The van der Waals surface area contributed by atoms with Crippen molar-refractivity contribution < 1.29 is 9.90 Å². The van der Waals surface area contributed by atoms with E-state index >= 15 is 0 Å². The second kappa shape index (κ2) is 7.66. The topological polar surface area (TPSA) is 63.3 Å². The fourth-order valence-corrected chi connectivity index (χ4v) is 1.95. The van der Waals surface area contributed by atoms with Gasteiger partial charge in [-0.3, -0.25) is 4.79 Å². The molecule has 3 atom stereocenters. The third kappa shape index (κ3) is 7.69. The van der Waals surface area contributed by atoms with Gasteiger partial charge < -0.3 is 10.8 Å². The molecular weight excluding hydrogens is 202 g/mol. The Morgan fingerprint density at radius 1 is 1.19 bits per heavy atom. The Balaban J connectivity index is 3.84. The van der Waals surface area contributed by atoms with Crippen LogP contribution in [-0.4, -0.2) is 17.1 Å². The number of hydrogen-bond donors (Lipinski definition) is 2. The van der Waals surface area contributed by atoms with Crippen molar-refractivity contribution in [2.45, 2.75) is 59.4 Å². The molecule has 0 bridgehead atoms. The standard InChI is InChI=1S/C13H27NO2/c1-9(2)5-6-10(3)7-11(4)12(14)8-13(15)16/h9-12H,5-8,14H2,1-4H3,(H,15,16). The molecule has 3 nitrogen and oxygen atoms in total. The van der Waals surface area contributed by atoms with E-state index < -0.39 is 5.97 Å². The second-order valence-electron chi connectivity index (χ2n) is 5.55. The van der Waals surface area contributed by atoms with Crippen LogP contribution in [0, 0.1) is 17.8 Å². The van der Waals surface area contributed by atoms with E-state index in [9.17, 15) is 4.79 Å². The van der Waals surface area contributed by atoms with E-state index in [1.165, 1.54) is 12.8 Å². The van der Waals surface area contributed by atoms with Crippen LogP contribution in [0.15, 0.2) is 0 Å². The van der Waals surface area contributed by atoms with Crippen molar-refractivity contribution in [1.82, 2.24) is 0 Å². The predicted octanol–water partition coefficient (Wildman–Crippen LogP) is 2.89. The molecule has 0 amide bonds. The van der Waals surface area contributed by atoms with E-state index in [0.29, 0.717) is 11.8 Å². The SMILES string of the molecule is CC(C)CCC(C)CC(C)C(N)CC(=O)O. The van der Waals surface area contributed by atoms with E-state index in [1.807, 2.05) is 0 Å². The largest absolute Gasteiger partial charge is 0.481 e. The molecule has 0 aromatic rings. The fourth-order valence-electron chi connectivity index (χ4n) is 1.95. The lowest BCUT2D eigenvalue weighted by atomic mass is 9.87. The van der Waals surface area contributed by atoms with Crippen LogP contribution in [0.2, 0.25) is 0 Å². The number of carboxylic acid groups (broad SMARTS) is 1. The van der Waals surface area contributed by atoms with Crippen molar-refractivity contribution in [1.29, 1.82) is 0 Å². The van der Waals surface area contributed by atoms with Crippen molar-refractivity contribution in [2.24, 2.45) is 23.5 Å². The Morgan fingerprint density at radius 2 is 1.75 bits per heavy atom. The van der Waals surface area contributed by atoms with Gasteiger partial charge in [0, 0.05) is 6.04 Å². The summed E-state index contributed by atoms with van der Waals surface area (Å²) in [5.41, 5.74) is 5.84. The summed E-state index contributed by atoms with van der Waals surface area (Å²) in [4.78, 5) is 10.5. The van der Waals surface area contributed by atoms with E-state index in [1.54, 1.807) is 0 Å². The molecule has 96 valence electrons. The fraction of sp³-hybridized carbons (Fsp3) is 0.923. The summed E-state index contributed by atoms with van der Waals surface area (Å²) in [6.07, 6.45) is 3.56. The van der Waals surface area contributed by atoms with Gasteiger partial charge in [0.15, 0.2) is 0 Å². The molecule has 0 fully saturated rings. The third-order valence-electron chi connectivity index (χ3n) is 3.15. The maximum absolute atomic E-state index is 10.5. The molecule has 0 saturated carbocycles. The molecule has 0 aliphatic rings. The normalized spacial score (nSPS) is 17.1. The van der Waals surface area contributed by atoms with Crippen LogP contribution in [0.5, 0.6) is 0 Å². The van der Waals surface area contributed by atoms with Gasteiger partial charge in [-0.25, -0.2) is 0 Å². The number of carbonyl (C=O) groups is 1. The summed E-state index contributed by atoms with van der Waals surface area (Å²) in [5, 5.41) is 8.66. The van der Waals surface area contributed by atoms with Crippen LogP contribution in [0.3, 0.4) is 0 Å². The Kier molecular flexibility index (Phi) is 7.39. The maximum atomic E-state index is 10.5. The van der Waals surface area contributed by atoms with Crippen LogP contribution in [0.25, 0.3) is 0 Å². The predicted molar refractivity (Wildman–Crippen MR) is 67.2 cm³/mol. The summed E-state index contributed by atoms with van der Waals surface area (Å²) in [6.45, 7) is 8.74. The number of nitrogens with two attached hydrogens (primary N) is 1. The van der Waals surface area contributed by atoms with Gasteiger partial charge in [-0.15, -0.1) is 0 Å². The summed E-state index contributed by atoms with van der Waals surface area (Å²) in [6, 6.07) is -0.209. The molecule has 0 saturated heterocycles. The molecule has 3 heteroatoms. The molecule has 0 aromatic heterocycles. The van der Waals surface area contributed by atoms with Crippen molar-refractivity contribution >= 4 is 5.97 Å². The lowest BCUT2D eigenvalue weighted by Crippen LogP contribution is -2.31. The van der Waals surface area contributed by atoms with Gasteiger partial charge in [0.05, 0.1) is 6.42 Å². The average molecular weight is 229 g/mol. The Hall–Kier alpha value is -0.570. The van der Waals surface area contributed by atoms with Gasteiger partial charge in [-0.05, 0) is 24.2 Å². The van der Waals surface area contributed by atoms with Crippen LogP contribution in [0.1, 0.15) is 53.4 Å². The zero-order valence-corrected chi connectivity index (χ0v) is 11.1. The minimum Gasteiger partial charge on any atom is -0.481 e. The van der Waals surface area contributed by atoms with Crippen molar-refractivity contribution in [3.63, 3.8) is 0 Å². The smallest absolute Gasteiger partial charge is 0.304 e. The monoisotopic (exact) mass is 229 g/mol. The number of aliphatic carboxylic acids is 1. The number of hydrogen-bond acceptors (Lipinski definition) is 2. The summed E-state index contributed by atoms with van der Waals surface area (Å²) < 4.78 is 0. The van der Waals surface area contributed by atoms with E-state index in [2.05, 4.69) is 27.7 Å². The highest BCUT2D eigenvalue weighted by molar-refractivity contribution is 5.67. The summed E-state index contributed by atoms with van der Waals surface area (Å²) in [5.74, 6) is 0.870. The molecular formula is C13H27NO2. The van der Waals surface area contributed by atoms with E-state index in [-0.39, 0.29) is 12.5 Å². The first-order chi connectivity index (χ1) is 7.32. The van der Waals surface area contributed by atoms with Gasteiger partial charge in [-0.1, -0.05) is 40.5 Å². The van der Waals surface area contributed by atoms with Crippen molar-refractivity contribution in [3.8, 4) is 0 Å². The zero-order valence-electron chi connectivity index (χ0n) is 11.1. The first-order valence-corrected chi connectivity index (χ1v) is 6.30. The molecule has 0 aliphatic carbocycles. The Bertz CT molecular complexity index is 204. The highest BCUT2D eigenvalue weighted by Gasteiger charge is 2.18. The average Bonchev–Trinajstić information content (AvgIpc) is 2.13. The first kappa shape index (κ1) is 15.4. The lowest BCUT2D eigenvalue weighted by molar-refractivity contribution is -0.137. The Labute approximate surface area is 99.4 Å². The molecule has 0 aliphatic heterocycles. The summed E-state index contributed by atoms with van der Waals surface area (Å²) in [7, 11) is 0. The minimum atomic E-state index is -0.797.